The second-order valence-electron chi connectivity index (χ2n) is 4.31. The van der Waals surface area contributed by atoms with E-state index in [1.807, 2.05) is 0 Å². The van der Waals surface area contributed by atoms with Gasteiger partial charge in [-0.2, -0.15) is 0 Å². The largest absolute Gasteiger partial charge is 0.478 e. The lowest BCUT2D eigenvalue weighted by Crippen LogP contribution is -2.23. The van der Waals surface area contributed by atoms with Crippen molar-refractivity contribution < 1.29 is 14.7 Å². The molecule has 2 aromatic carbocycles. The van der Waals surface area contributed by atoms with Crippen LogP contribution in [-0.4, -0.2) is 17.0 Å². The Kier molecular flexibility index (Phi) is 4.98. The van der Waals surface area contributed by atoms with Gasteiger partial charge in [-0.15, -0.1) is 0 Å². The molecule has 0 saturated carbocycles. The van der Waals surface area contributed by atoms with E-state index in [0.717, 1.165) is 0 Å². The molecular formula is C15H11BrClNO3. The molecule has 108 valence electrons. The number of carboxylic acid groups (broad SMARTS) is 1. The zero-order valence-corrected chi connectivity index (χ0v) is 13.1. The molecule has 2 aromatic rings. The summed E-state index contributed by atoms with van der Waals surface area (Å²) in [6.07, 6.45) is 0. The molecule has 0 spiro atoms. The monoisotopic (exact) mass is 367 g/mol. The number of carbonyl (C=O) groups is 2. The molecule has 0 fully saturated rings. The first-order valence-electron chi connectivity index (χ1n) is 6.03. The Morgan fingerprint density at radius 1 is 1.19 bits per heavy atom. The van der Waals surface area contributed by atoms with Gasteiger partial charge in [0.1, 0.15) is 0 Å². The van der Waals surface area contributed by atoms with Crippen molar-refractivity contribution >= 4 is 39.4 Å². The van der Waals surface area contributed by atoms with Gasteiger partial charge in [0.05, 0.1) is 11.1 Å². The number of halogens is 2. The summed E-state index contributed by atoms with van der Waals surface area (Å²) < 4.78 is 0.604. The smallest absolute Gasteiger partial charge is 0.335 e. The van der Waals surface area contributed by atoms with Crippen LogP contribution in [0.4, 0.5) is 0 Å². The predicted octanol–water partition coefficient (Wildman–Crippen LogP) is 3.73. The van der Waals surface area contributed by atoms with Crippen LogP contribution >= 0.6 is 27.5 Å². The maximum absolute atomic E-state index is 12.1. The van der Waals surface area contributed by atoms with Crippen LogP contribution in [0.3, 0.4) is 0 Å². The molecule has 2 rings (SSSR count). The average molecular weight is 369 g/mol. The van der Waals surface area contributed by atoms with Gasteiger partial charge in [0.25, 0.3) is 5.91 Å². The molecule has 0 saturated heterocycles. The molecule has 0 aliphatic heterocycles. The fraction of sp³-hybridized carbons (Fsp3) is 0.0667. The Morgan fingerprint density at radius 3 is 2.62 bits per heavy atom. The lowest BCUT2D eigenvalue weighted by Gasteiger charge is -2.08. The number of hydrogen-bond acceptors (Lipinski definition) is 2. The topological polar surface area (TPSA) is 66.4 Å². The number of rotatable bonds is 4. The number of carbonyl (C=O) groups excluding carboxylic acids is 1. The second-order valence-corrected chi connectivity index (χ2v) is 5.60. The first kappa shape index (κ1) is 15.5. The lowest BCUT2D eigenvalue weighted by atomic mass is 10.1. The van der Waals surface area contributed by atoms with Crippen LogP contribution in [0.25, 0.3) is 0 Å². The van der Waals surface area contributed by atoms with Gasteiger partial charge in [-0.25, -0.2) is 4.79 Å². The van der Waals surface area contributed by atoms with E-state index < -0.39 is 5.97 Å². The minimum atomic E-state index is -0.997. The highest BCUT2D eigenvalue weighted by Crippen LogP contribution is 2.21. The minimum Gasteiger partial charge on any atom is -0.478 e. The number of benzene rings is 2. The summed E-state index contributed by atoms with van der Waals surface area (Å²) in [5.74, 6) is -1.26. The van der Waals surface area contributed by atoms with Gasteiger partial charge in [-0.1, -0.05) is 23.7 Å². The standard InChI is InChI=1S/C15H11BrClNO3/c16-13-7-11(17)4-5-12(13)14(19)18-8-9-2-1-3-10(6-9)15(20)21/h1-7H,8H2,(H,18,19)(H,20,21). The van der Waals surface area contributed by atoms with E-state index in [-0.39, 0.29) is 18.0 Å². The van der Waals surface area contributed by atoms with Gasteiger partial charge >= 0.3 is 5.97 Å². The lowest BCUT2D eigenvalue weighted by molar-refractivity contribution is 0.0696. The minimum absolute atomic E-state index is 0.189. The van der Waals surface area contributed by atoms with Crippen molar-refractivity contribution in [1.29, 1.82) is 0 Å². The predicted molar refractivity (Wildman–Crippen MR) is 83.7 cm³/mol. The fourth-order valence-corrected chi connectivity index (χ4v) is 2.63. The van der Waals surface area contributed by atoms with Gasteiger partial charge in [0, 0.05) is 16.0 Å². The van der Waals surface area contributed by atoms with E-state index in [4.69, 9.17) is 16.7 Å². The molecule has 0 unspecified atom stereocenters. The Balaban J connectivity index is 2.07. The number of nitrogens with one attached hydrogen (secondary N) is 1. The van der Waals surface area contributed by atoms with E-state index in [2.05, 4.69) is 21.2 Å². The van der Waals surface area contributed by atoms with Crippen LogP contribution in [-0.2, 0) is 6.54 Å². The first-order chi connectivity index (χ1) is 9.97. The highest BCUT2D eigenvalue weighted by atomic mass is 79.9. The van der Waals surface area contributed by atoms with Crippen molar-refractivity contribution in [3.8, 4) is 0 Å². The van der Waals surface area contributed by atoms with Crippen LogP contribution in [0.2, 0.25) is 5.02 Å². The van der Waals surface area contributed by atoms with Crippen molar-refractivity contribution in [1.82, 2.24) is 5.32 Å². The molecule has 0 aliphatic carbocycles. The van der Waals surface area contributed by atoms with Gasteiger partial charge in [-0.05, 0) is 51.8 Å². The molecule has 0 heterocycles. The Bertz CT molecular complexity index is 703. The third-order valence-electron chi connectivity index (χ3n) is 2.80. The highest BCUT2D eigenvalue weighted by molar-refractivity contribution is 9.10. The van der Waals surface area contributed by atoms with Crippen LogP contribution < -0.4 is 5.32 Å². The quantitative estimate of drug-likeness (QED) is 0.864. The molecule has 0 radical (unpaired) electrons. The number of aromatic carboxylic acids is 1. The normalized spacial score (nSPS) is 10.2. The molecular weight excluding hydrogens is 358 g/mol. The maximum atomic E-state index is 12.1. The van der Waals surface area contributed by atoms with E-state index >= 15 is 0 Å². The molecule has 0 atom stereocenters. The van der Waals surface area contributed by atoms with Crippen LogP contribution in [0.15, 0.2) is 46.9 Å². The van der Waals surface area contributed by atoms with Gasteiger partial charge in [0.2, 0.25) is 0 Å². The van der Waals surface area contributed by atoms with E-state index in [9.17, 15) is 9.59 Å². The third-order valence-corrected chi connectivity index (χ3v) is 3.69. The summed E-state index contributed by atoms with van der Waals surface area (Å²) in [6.45, 7) is 0.245. The number of hydrogen-bond donors (Lipinski definition) is 2. The van der Waals surface area contributed by atoms with Gasteiger partial charge in [0.15, 0.2) is 0 Å². The summed E-state index contributed by atoms with van der Waals surface area (Å²) in [6, 6.07) is 11.3. The molecule has 6 heteroatoms. The summed E-state index contributed by atoms with van der Waals surface area (Å²) in [5, 5.41) is 12.2. The zero-order valence-electron chi connectivity index (χ0n) is 10.8. The highest BCUT2D eigenvalue weighted by Gasteiger charge is 2.10. The van der Waals surface area contributed by atoms with Crippen molar-refractivity contribution in [3.05, 3.63) is 68.7 Å². The average Bonchev–Trinajstić information content (AvgIpc) is 2.45. The van der Waals surface area contributed by atoms with Crippen molar-refractivity contribution in [2.75, 3.05) is 0 Å². The molecule has 0 aliphatic rings. The molecule has 21 heavy (non-hydrogen) atoms. The van der Waals surface area contributed by atoms with Crippen molar-refractivity contribution in [2.24, 2.45) is 0 Å². The number of carboxylic acids is 1. The van der Waals surface area contributed by atoms with Crippen molar-refractivity contribution in [2.45, 2.75) is 6.54 Å². The number of amides is 1. The Hall–Kier alpha value is -1.85. The second kappa shape index (κ2) is 6.74. The maximum Gasteiger partial charge on any atom is 0.335 e. The van der Waals surface area contributed by atoms with Gasteiger partial charge in [-0.3, -0.25) is 4.79 Å². The van der Waals surface area contributed by atoms with E-state index in [1.54, 1.807) is 30.3 Å². The summed E-state index contributed by atoms with van der Waals surface area (Å²) in [7, 11) is 0. The summed E-state index contributed by atoms with van der Waals surface area (Å²) in [5.41, 5.74) is 1.37. The SMILES string of the molecule is O=C(O)c1cccc(CNC(=O)c2ccc(Cl)cc2Br)c1. The first-order valence-corrected chi connectivity index (χ1v) is 7.20. The Labute approximate surface area is 134 Å². The molecule has 0 aromatic heterocycles. The van der Waals surface area contributed by atoms with Crippen LogP contribution in [0.5, 0.6) is 0 Å². The summed E-state index contributed by atoms with van der Waals surface area (Å²) in [4.78, 5) is 23.0. The Morgan fingerprint density at radius 2 is 1.95 bits per heavy atom. The van der Waals surface area contributed by atoms with Crippen molar-refractivity contribution in [3.63, 3.8) is 0 Å². The molecule has 2 N–H and O–H groups in total. The molecule has 0 bridgehead atoms. The van der Waals surface area contributed by atoms with Crippen LogP contribution in [0.1, 0.15) is 26.3 Å². The van der Waals surface area contributed by atoms with E-state index in [1.165, 1.54) is 12.1 Å². The fourth-order valence-electron chi connectivity index (χ4n) is 1.77. The van der Waals surface area contributed by atoms with E-state index in [0.29, 0.717) is 20.6 Å². The zero-order chi connectivity index (χ0) is 15.4. The third kappa shape index (κ3) is 4.06. The molecule has 1 amide bonds. The summed E-state index contributed by atoms with van der Waals surface area (Å²) >= 11 is 9.11. The molecule has 4 nitrogen and oxygen atoms in total. The van der Waals surface area contributed by atoms with Gasteiger partial charge < -0.3 is 10.4 Å². The van der Waals surface area contributed by atoms with Crippen LogP contribution in [0, 0.1) is 0 Å².